The predicted molar refractivity (Wildman–Crippen MR) is 51.4 cm³/mol. The highest BCUT2D eigenvalue weighted by atomic mass is 19.4. The maximum absolute atomic E-state index is 12.6. The van der Waals surface area contributed by atoms with Crippen molar-refractivity contribution in [1.29, 1.82) is 0 Å². The Morgan fingerprint density at radius 1 is 1.07 bits per heavy atom. The molecule has 2 fully saturated rings. The highest BCUT2D eigenvalue weighted by Crippen LogP contribution is 2.49. The minimum absolute atomic E-state index is 0.201. The van der Waals surface area contributed by atoms with E-state index in [1.165, 1.54) is 0 Å². The van der Waals surface area contributed by atoms with Gasteiger partial charge in [0.25, 0.3) is 0 Å². The number of nitrogens with two attached hydrogens (primary N) is 1. The van der Waals surface area contributed by atoms with E-state index in [1.807, 2.05) is 0 Å². The predicted octanol–water partition coefficient (Wildman–Crippen LogP) is 1.94. The summed E-state index contributed by atoms with van der Waals surface area (Å²) in [5, 5.41) is 2.64. The second-order valence-corrected chi connectivity index (χ2v) is 5.00. The van der Waals surface area contributed by atoms with Crippen molar-refractivity contribution in [3.63, 3.8) is 0 Å². The Kier molecular flexibility index (Phi) is 2.50. The van der Waals surface area contributed by atoms with Gasteiger partial charge in [0, 0.05) is 12.1 Å². The van der Waals surface area contributed by atoms with Crippen LogP contribution in [-0.4, -0.2) is 23.8 Å². The molecule has 3 N–H and O–H groups in total. The number of hydrogen-bond donors (Lipinski definition) is 2. The van der Waals surface area contributed by atoms with E-state index in [-0.39, 0.29) is 12.8 Å². The quantitative estimate of drug-likeness (QED) is 0.765. The highest BCUT2D eigenvalue weighted by Gasteiger charge is 2.63. The number of rotatable bonds is 3. The van der Waals surface area contributed by atoms with Crippen LogP contribution in [0.15, 0.2) is 0 Å². The van der Waals surface area contributed by atoms with Crippen molar-refractivity contribution >= 4 is 0 Å². The van der Waals surface area contributed by atoms with Crippen molar-refractivity contribution in [2.45, 2.75) is 55.8 Å². The van der Waals surface area contributed by atoms with Crippen LogP contribution < -0.4 is 11.1 Å². The van der Waals surface area contributed by atoms with E-state index < -0.39 is 17.3 Å². The Hall–Kier alpha value is -0.290. The Morgan fingerprint density at radius 3 is 2.00 bits per heavy atom. The first-order valence-electron chi connectivity index (χ1n) is 5.48. The second-order valence-electron chi connectivity index (χ2n) is 5.00. The molecule has 2 aliphatic rings. The third kappa shape index (κ3) is 2.13. The van der Waals surface area contributed by atoms with Crippen molar-refractivity contribution in [3.8, 4) is 0 Å². The Bertz CT molecular complexity index is 240. The van der Waals surface area contributed by atoms with Gasteiger partial charge in [-0.2, -0.15) is 13.2 Å². The molecule has 0 saturated heterocycles. The Morgan fingerprint density at radius 2 is 1.60 bits per heavy atom. The highest BCUT2D eigenvalue weighted by molar-refractivity contribution is 5.09. The summed E-state index contributed by atoms with van der Waals surface area (Å²) in [4.78, 5) is 0. The lowest BCUT2D eigenvalue weighted by atomic mass is 9.98. The molecule has 2 saturated carbocycles. The maximum atomic E-state index is 12.6. The smallest absolute Gasteiger partial charge is 0.324 e. The van der Waals surface area contributed by atoms with Crippen molar-refractivity contribution in [2.75, 3.05) is 6.54 Å². The van der Waals surface area contributed by atoms with Gasteiger partial charge in [-0.15, -0.1) is 0 Å². The Labute approximate surface area is 87.4 Å². The number of hydrogen-bond acceptors (Lipinski definition) is 2. The first-order valence-corrected chi connectivity index (χ1v) is 5.48. The lowest BCUT2D eigenvalue weighted by molar-refractivity contribution is -0.166. The molecule has 0 heterocycles. The van der Waals surface area contributed by atoms with Crippen molar-refractivity contribution < 1.29 is 13.2 Å². The van der Waals surface area contributed by atoms with Crippen LogP contribution in [-0.2, 0) is 0 Å². The summed E-state index contributed by atoms with van der Waals surface area (Å²) in [6, 6.07) is 0. The van der Waals surface area contributed by atoms with Gasteiger partial charge >= 0.3 is 6.18 Å². The molecule has 0 aromatic heterocycles. The molecule has 0 aromatic carbocycles. The maximum Gasteiger partial charge on any atom is 0.406 e. The van der Waals surface area contributed by atoms with E-state index in [1.54, 1.807) is 0 Å². The van der Waals surface area contributed by atoms with E-state index >= 15 is 0 Å². The molecule has 5 heteroatoms. The minimum Gasteiger partial charge on any atom is -0.324 e. The van der Waals surface area contributed by atoms with Gasteiger partial charge < -0.3 is 11.1 Å². The summed E-state index contributed by atoms with van der Waals surface area (Å²) in [6.45, 7) is 0.298. The van der Waals surface area contributed by atoms with Gasteiger partial charge in [-0.3, -0.25) is 0 Å². The molecule has 0 amide bonds. The lowest BCUT2D eigenvalue weighted by Gasteiger charge is -2.28. The molecule has 2 aliphatic carbocycles. The lowest BCUT2D eigenvalue weighted by Crippen LogP contribution is -2.54. The van der Waals surface area contributed by atoms with Crippen LogP contribution in [0.4, 0.5) is 13.2 Å². The van der Waals surface area contributed by atoms with Gasteiger partial charge in [0.1, 0.15) is 5.54 Å². The molecule has 15 heavy (non-hydrogen) atoms. The summed E-state index contributed by atoms with van der Waals surface area (Å²) in [5.74, 6) is 0. The van der Waals surface area contributed by atoms with Gasteiger partial charge in [0.15, 0.2) is 0 Å². The normalized spacial score (nSPS) is 28.0. The van der Waals surface area contributed by atoms with Gasteiger partial charge in [-0.1, -0.05) is 12.8 Å². The molecule has 0 bridgehead atoms. The van der Waals surface area contributed by atoms with E-state index in [4.69, 9.17) is 5.73 Å². The van der Waals surface area contributed by atoms with E-state index in [9.17, 15) is 13.2 Å². The zero-order valence-electron chi connectivity index (χ0n) is 8.66. The summed E-state index contributed by atoms with van der Waals surface area (Å²) >= 11 is 0. The number of alkyl halides is 3. The summed E-state index contributed by atoms with van der Waals surface area (Å²) < 4.78 is 37.8. The molecule has 0 spiro atoms. The Balaban J connectivity index is 1.88. The van der Waals surface area contributed by atoms with E-state index in [0.717, 1.165) is 25.7 Å². The molecule has 0 radical (unpaired) electrons. The van der Waals surface area contributed by atoms with Crippen molar-refractivity contribution in [3.05, 3.63) is 0 Å². The molecule has 0 aromatic rings. The zero-order valence-corrected chi connectivity index (χ0v) is 8.66. The fourth-order valence-corrected chi connectivity index (χ4v) is 2.29. The van der Waals surface area contributed by atoms with Crippen LogP contribution in [0.1, 0.15) is 38.5 Å². The number of nitrogens with one attached hydrogen (secondary N) is 1. The summed E-state index contributed by atoms with van der Waals surface area (Å²) in [7, 11) is 0. The molecule has 0 atom stereocenters. The van der Waals surface area contributed by atoms with E-state index in [0.29, 0.717) is 6.54 Å². The zero-order chi connectivity index (χ0) is 11.2. The average Bonchev–Trinajstić information content (AvgIpc) is 2.82. The third-order valence-corrected chi connectivity index (χ3v) is 3.67. The van der Waals surface area contributed by atoms with Crippen LogP contribution in [0.3, 0.4) is 0 Å². The second kappa shape index (κ2) is 3.35. The van der Waals surface area contributed by atoms with Gasteiger partial charge in [-0.25, -0.2) is 0 Å². The van der Waals surface area contributed by atoms with Crippen molar-refractivity contribution in [1.82, 2.24) is 5.32 Å². The third-order valence-electron chi connectivity index (χ3n) is 3.67. The summed E-state index contributed by atoms with van der Waals surface area (Å²) in [5.41, 5.74) is 4.00. The van der Waals surface area contributed by atoms with E-state index in [2.05, 4.69) is 5.32 Å². The molecule has 88 valence electrons. The molecular formula is C10H17F3N2. The first-order chi connectivity index (χ1) is 6.87. The molecule has 0 unspecified atom stereocenters. The molecule has 2 nitrogen and oxygen atoms in total. The molecular weight excluding hydrogens is 205 g/mol. The standard InChI is InChI=1S/C10H17F3N2/c11-10(12,13)9(5-6-9)15-7-8(14)3-1-2-4-8/h15H,1-7,14H2. The topological polar surface area (TPSA) is 38.0 Å². The SMILES string of the molecule is NC1(CNC2(C(F)(F)F)CC2)CCCC1. The number of halogens is 3. The van der Waals surface area contributed by atoms with Crippen LogP contribution in [0.25, 0.3) is 0 Å². The first kappa shape index (κ1) is 11.2. The van der Waals surface area contributed by atoms with Crippen molar-refractivity contribution in [2.24, 2.45) is 5.73 Å². The van der Waals surface area contributed by atoms with Gasteiger partial charge in [0.05, 0.1) is 0 Å². The van der Waals surface area contributed by atoms with Crippen LogP contribution in [0, 0.1) is 0 Å². The molecule has 2 rings (SSSR count). The van der Waals surface area contributed by atoms with Crippen LogP contribution >= 0.6 is 0 Å². The fraction of sp³-hybridized carbons (Fsp3) is 1.00. The monoisotopic (exact) mass is 222 g/mol. The fourth-order valence-electron chi connectivity index (χ4n) is 2.29. The largest absolute Gasteiger partial charge is 0.406 e. The average molecular weight is 222 g/mol. The summed E-state index contributed by atoms with van der Waals surface area (Å²) in [6.07, 6.45) is 0.0391. The van der Waals surface area contributed by atoms with Crippen LogP contribution in [0.5, 0.6) is 0 Å². The molecule has 0 aliphatic heterocycles. The minimum atomic E-state index is -4.12. The van der Waals surface area contributed by atoms with Gasteiger partial charge in [0.2, 0.25) is 0 Å². The van der Waals surface area contributed by atoms with Gasteiger partial charge in [-0.05, 0) is 25.7 Å². The van der Waals surface area contributed by atoms with Crippen LogP contribution in [0.2, 0.25) is 0 Å².